The number of nitro groups is 1. The van der Waals surface area contributed by atoms with E-state index in [1.54, 1.807) is 11.6 Å². The monoisotopic (exact) mass is 268 g/mol. The largest absolute Gasteiger partial charge is 0.378 e. The first-order chi connectivity index (χ1) is 8.73. The van der Waals surface area contributed by atoms with Crippen molar-refractivity contribution >= 4 is 11.5 Å². The maximum Gasteiger partial charge on any atom is 0.333 e. The minimum Gasteiger partial charge on any atom is -0.378 e. The van der Waals surface area contributed by atoms with E-state index < -0.39 is 4.92 Å². The molecule has 0 amide bonds. The van der Waals surface area contributed by atoms with Gasteiger partial charge in [0.15, 0.2) is 0 Å². The molecular weight excluding hydrogens is 244 g/mol. The van der Waals surface area contributed by atoms with Crippen LogP contribution in [-0.2, 0) is 0 Å². The molecule has 1 aromatic heterocycles. The molecule has 0 bridgehead atoms. The maximum atomic E-state index is 11.0. The van der Waals surface area contributed by atoms with Gasteiger partial charge in [-0.25, -0.2) is 4.68 Å². The van der Waals surface area contributed by atoms with Crippen molar-refractivity contribution in [2.24, 2.45) is 11.8 Å². The molecule has 1 aromatic rings. The van der Waals surface area contributed by atoms with Crippen LogP contribution >= 0.6 is 0 Å². The van der Waals surface area contributed by atoms with Crippen LogP contribution < -0.4 is 5.73 Å². The highest BCUT2D eigenvalue weighted by Crippen LogP contribution is 2.33. The van der Waals surface area contributed by atoms with Gasteiger partial charge in [-0.15, -0.1) is 0 Å². The molecule has 0 atom stereocenters. The van der Waals surface area contributed by atoms with Crippen LogP contribution in [0.2, 0.25) is 0 Å². The molecule has 1 rings (SSSR count). The van der Waals surface area contributed by atoms with E-state index in [2.05, 4.69) is 32.8 Å². The van der Waals surface area contributed by atoms with Crippen LogP contribution in [0, 0.1) is 28.9 Å². The zero-order valence-corrected chi connectivity index (χ0v) is 12.4. The molecule has 0 fully saturated rings. The van der Waals surface area contributed by atoms with Gasteiger partial charge in [-0.1, -0.05) is 27.7 Å². The maximum absolute atomic E-state index is 11.0. The Hall–Kier alpha value is -1.59. The van der Waals surface area contributed by atoms with E-state index in [-0.39, 0.29) is 17.5 Å². The molecule has 108 valence electrons. The predicted octanol–water partition coefficient (Wildman–Crippen LogP) is 3.32. The van der Waals surface area contributed by atoms with Gasteiger partial charge in [0.2, 0.25) is 5.82 Å². The SMILES string of the molecule is Cc1nn(C(CC(C)C)CC(C)C)c(N)c1[N+](=O)[O-]. The Labute approximate surface area is 114 Å². The van der Waals surface area contributed by atoms with Crippen LogP contribution in [0.15, 0.2) is 0 Å². The summed E-state index contributed by atoms with van der Waals surface area (Å²) in [5.41, 5.74) is 6.25. The van der Waals surface area contributed by atoms with Crippen LogP contribution in [0.4, 0.5) is 11.5 Å². The molecule has 19 heavy (non-hydrogen) atoms. The number of nitrogens with zero attached hydrogens (tertiary/aromatic N) is 3. The molecule has 0 saturated carbocycles. The van der Waals surface area contributed by atoms with Gasteiger partial charge >= 0.3 is 5.69 Å². The first-order valence-corrected chi connectivity index (χ1v) is 6.73. The lowest BCUT2D eigenvalue weighted by atomic mass is 9.96. The van der Waals surface area contributed by atoms with Crippen molar-refractivity contribution in [2.45, 2.75) is 53.5 Å². The highest BCUT2D eigenvalue weighted by atomic mass is 16.6. The van der Waals surface area contributed by atoms with Gasteiger partial charge in [0.25, 0.3) is 0 Å². The lowest BCUT2D eigenvalue weighted by Crippen LogP contribution is -2.17. The van der Waals surface area contributed by atoms with Gasteiger partial charge in [0.1, 0.15) is 5.69 Å². The van der Waals surface area contributed by atoms with Crippen LogP contribution in [0.1, 0.15) is 52.3 Å². The molecule has 2 N–H and O–H groups in total. The summed E-state index contributed by atoms with van der Waals surface area (Å²) in [4.78, 5) is 10.5. The van der Waals surface area contributed by atoms with Crippen molar-refractivity contribution in [3.8, 4) is 0 Å². The van der Waals surface area contributed by atoms with Crippen LogP contribution in [0.3, 0.4) is 0 Å². The molecule has 6 nitrogen and oxygen atoms in total. The molecule has 0 saturated heterocycles. The van der Waals surface area contributed by atoms with Gasteiger partial charge in [0, 0.05) is 0 Å². The third-order valence-corrected chi connectivity index (χ3v) is 3.11. The lowest BCUT2D eigenvalue weighted by molar-refractivity contribution is -0.384. The molecule has 0 radical (unpaired) electrons. The molecule has 6 heteroatoms. The number of aromatic nitrogens is 2. The summed E-state index contributed by atoms with van der Waals surface area (Å²) < 4.78 is 1.65. The lowest BCUT2D eigenvalue weighted by Gasteiger charge is -2.22. The fourth-order valence-corrected chi connectivity index (χ4v) is 2.44. The van der Waals surface area contributed by atoms with Crippen LogP contribution in [0.25, 0.3) is 0 Å². The Bertz CT molecular complexity index is 442. The number of rotatable bonds is 6. The molecule has 0 spiro atoms. The summed E-state index contributed by atoms with van der Waals surface area (Å²) in [7, 11) is 0. The van der Waals surface area contributed by atoms with E-state index in [0.29, 0.717) is 17.5 Å². The summed E-state index contributed by atoms with van der Waals surface area (Å²) in [5, 5.41) is 15.3. The topological polar surface area (TPSA) is 87.0 Å². The van der Waals surface area contributed by atoms with Crippen LogP contribution in [-0.4, -0.2) is 14.7 Å². The van der Waals surface area contributed by atoms with Crippen LogP contribution in [0.5, 0.6) is 0 Å². The van der Waals surface area contributed by atoms with Gasteiger partial charge in [-0.3, -0.25) is 10.1 Å². The van der Waals surface area contributed by atoms with Crippen molar-refractivity contribution in [2.75, 3.05) is 5.73 Å². The van der Waals surface area contributed by atoms with Crippen molar-refractivity contribution in [3.63, 3.8) is 0 Å². The Kier molecular flexibility index (Phi) is 4.91. The third-order valence-electron chi connectivity index (χ3n) is 3.11. The Morgan fingerprint density at radius 1 is 1.26 bits per heavy atom. The second kappa shape index (κ2) is 6.04. The summed E-state index contributed by atoms with van der Waals surface area (Å²) in [5.74, 6) is 1.16. The average molecular weight is 268 g/mol. The molecule has 0 unspecified atom stereocenters. The Balaban J connectivity index is 3.15. The molecule has 0 aliphatic carbocycles. The molecule has 1 heterocycles. The minimum atomic E-state index is -0.448. The average Bonchev–Trinajstić information content (AvgIpc) is 2.51. The predicted molar refractivity (Wildman–Crippen MR) is 76.0 cm³/mol. The van der Waals surface area contributed by atoms with E-state index in [4.69, 9.17) is 5.73 Å². The standard InChI is InChI=1S/C13H24N4O2/c1-8(2)6-11(7-9(3)4)16-13(14)12(17(18)19)10(5)15-16/h8-9,11H,6-7,14H2,1-5H3. The molecule has 0 aliphatic heterocycles. The van der Waals surface area contributed by atoms with Crippen molar-refractivity contribution in [3.05, 3.63) is 15.8 Å². The number of nitrogen functional groups attached to an aromatic ring is 1. The molecule has 0 aromatic carbocycles. The van der Waals surface area contributed by atoms with E-state index in [0.717, 1.165) is 12.8 Å². The van der Waals surface area contributed by atoms with Crippen molar-refractivity contribution in [1.29, 1.82) is 0 Å². The second-order valence-electron chi connectivity index (χ2n) is 5.93. The summed E-state index contributed by atoms with van der Waals surface area (Å²) >= 11 is 0. The smallest absolute Gasteiger partial charge is 0.333 e. The minimum absolute atomic E-state index is 0.0579. The quantitative estimate of drug-likeness (QED) is 0.633. The van der Waals surface area contributed by atoms with E-state index in [9.17, 15) is 10.1 Å². The number of hydrogen-bond acceptors (Lipinski definition) is 4. The second-order valence-corrected chi connectivity index (χ2v) is 5.93. The first-order valence-electron chi connectivity index (χ1n) is 6.73. The Morgan fingerprint density at radius 3 is 2.05 bits per heavy atom. The Morgan fingerprint density at radius 2 is 1.74 bits per heavy atom. The number of aryl methyl sites for hydroxylation is 1. The summed E-state index contributed by atoms with van der Waals surface area (Å²) in [6, 6.07) is 0.118. The van der Waals surface area contributed by atoms with E-state index in [1.807, 2.05) is 0 Å². The van der Waals surface area contributed by atoms with Gasteiger partial charge in [-0.2, -0.15) is 5.10 Å². The van der Waals surface area contributed by atoms with Crippen molar-refractivity contribution in [1.82, 2.24) is 9.78 Å². The van der Waals surface area contributed by atoms with Crippen molar-refractivity contribution < 1.29 is 4.92 Å². The van der Waals surface area contributed by atoms with Gasteiger partial charge in [-0.05, 0) is 31.6 Å². The summed E-state index contributed by atoms with van der Waals surface area (Å²) in [6.07, 6.45) is 1.83. The highest BCUT2D eigenvalue weighted by Gasteiger charge is 2.27. The normalized spacial score (nSPS) is 11.8. The van der Waals surface area contributed by atoms with Gasteiger partial charge in [0.05, 0.1) is 11.0 Å². The highest BCUT2D eigenvalue weighted by molar-refractivity contribution is 5.56. The first kappa shape index (κ1) is 15.5. The summed E-state index contributed by atoms with van der Waals surface area (Å²) in [6.45, 7) is 10.2. The van der Waals surface area contributed by atoms with Gasteiger partial charge < -0.3 is 5.73 Å². The van der Waals surface area contributed by atoms with E-state index in [1.165, 1.54) is 0 Å². The fourth-order valence-electron chi connectivity index (χ4n) is 2.44. The molecular formula is C13H24N4O2. The zero-order valence-electron chi connectivity index (χ0n) is 12.4. The number of anilines is 1. The number of nitrogens with two attached hydrogens (primary N) is 1. The van der Waals surface area contributed by atoms with E-state index >= 15 is 0 Å². The third kappa shape index (κ3) is 3.68. The molecule has 0 aliphatic rings. The fraction of sp³-hybridized carbons (Fsp3) is 0.769. The zero-order chi connectivity index (χ0) is 14.7. The number of hydrogen-bond donors (Lipinski definition) is 1.